The van der Waals surface area contributed by atoms with E-state index < -0.39 is 0 Å². The number of nitrogens with one attached hydrogen (secondary N) is 1. The first-order valence-corrected chi connectivity index (χ1v) is 7.26. The molecule has 0 saturated heterocycles. The quantitative estimate of drug-likeness (QED) is 0.827. The van der Waals surface area contributed by atoms with E-state index >= 15 is 0 Å². The summed E-state index contributed by atoms with van der Waals surface area (Å²) in [6, 6.07) is 9.62. The summed E-state index contributed by atoms with van der Waals surface area (Å²) >= 11 is 0. The third-order valence-electron chi connectivity index (χ3n) is 4.35. The van der Waals surface area contributed by atoms with Crippen LogP contribution in [-0.2, 0) is 6.54 Å². The van der Waals surface area contributed by atoms with Crippen LogP contribution in [0.3, 0.4) is 0 Å². The summed E-state index contributed by atoms with van der Waals surface area (Å²) in [4.78, 5) is 2.44. The van der Waals surface area contributed by atoms with Crippen molar-refractivity contribution >= 4 is 5.69 Å². The van der Waals surface area contributed by atoms with Crippen molar-refractivity contribution in [3.05, 3.63) is 29.8 Å². The Bertz CT molecular complexity index is 411. The molecule has 2 nitrogen and oxygen atoms in total. The number of nitrogens with zero attached hydrogens (tertiary/aromatic N) is 1. The number of hydrogen-bond donors (Lipinski definition) is 1. The summed E-state index contributed by atoms with van der Waals surface area (Å²) in [6.45, 7) is 4.59. The normalized spacial score (nSPS) is 26.1. The van der Waals surface area contributed by atoms with Gasteiger partial charge < -0.3 is 10.2 Å². The van der Waals surface area contributed by atoms with Crippen molar-refractivity contribution in [1.29, 1.82) is 0 Å². The molecule has 2 saturated carbocycles. The van der Waals surface area contributed by atoms with E-state index in [1.807, 2.05) is 0 Å². The molecular weight excluding hydrogens is 220 g/mol. The lowest BCUT2D eigenvalue weighted by molar-refractivity contribution is 0.679. The van der Waals surface area contributed by atoms with E-state index in [2.05, 4.69) is 48.5 Å². The van der Waals surface area contributed by atoms with Crippen molar-refractivity contribution in [1.82, 2.24) is 5.32 Å². The molecule has 0 bridgehead atoms. The summed E-state index contributed by atoms with van der Waals surface area (Å²) < 4.78 is 0. The number of hydrogen-bond acceptors (Lipinski definition) is 2. The minimum Gasteiger partial charge on any atom is -0.374 e. The van der Waals surface area contributed by atoms with Gasteiger partial charge in [-0.1, -0.05) is 25.1 Å². The Balaban J connectivity index is 1.64. The standard InChI is InChI=1S/C16H24N2/c1-12-9-14(12)11-18(2)16-6-4-3-5-13(16)10-17-15-7-8-15/h3-6,12,14-15,17H,7-11H2,1-2H3. The van der Waals surface area contributed by atoms with Crippen LogP contribution < -0.4 is 10.2 Å². The maximum absolute atomic E-state index is 3.62. The first-order valence-electron chi connectivity index (χ1n) is 7.26. The highest BCUT2D eigenvalue weighted by atomic mass is 15.1. The average Bonchev–Trinajstić information content (AvgIpc) is 3.27. The van der Waals surface area contributed by atoms with Crippen LogP contribution in [0.4, 0.5) is 5.69 Å². The van der Waals surface area contributed by atoms with Gasteiger partial charge in [0.05, 0.1) is 0 Å². The highest BCUT2D eigenvalue weighted by molar-refractivity contribution is 5.53. The Hall–Kier alpha value is -1.02. The highest BCUT2D eigenvalue weighted by Crippen LogP contribution is 2.39. The SMILES string of the molecule is CC1CC1CN(C)c1ccccc1CNC1CC1. The smallest absolute Gasteiger partial charge is 0.0409 e. The van der Waals surface area contributed by atoms with Gasteiger partial charge in [-0.3, -0.25) is 0 Å². The zero-order valence-electron chi connectivity index (χ0n) is 11.5. The number of rotatable bonds is 6. The van der Waals surface area contributed by atoms with E-state index in [1.54, 1.807) is 0 Å². The maximum atomic E-state index is 3.62. The third-order valence-corrected chi connectivity index (χ3v) is 4.35. The molecule has 0 radical (unpaired) electrons. The molecule has 1 N–H and O–H groups in total. The Labute approximate surface area is 110 Å². The Kier molecular flexibility index (Phi) is 3.29. The Morgan fingerprint density at radius 3 is 2.67 bits per heavy atom. The summed E-state index contributed by atoms with van der Waals surface area (Å²) in [5, 5.41) is 3.62. The molecule has 2 unspecified atom stereocenters. The minimum absolute atomic E-state index is 0.784. The van der Waals surface area contributed by atoms with Crippen molar-refractivity contribution in [3.63, 3.8) is 0 Å². The molecular formula is C16H24N2. The van der Waals surface area contributed by atoms with E-state index in [0.717, 1.165) is 24.4 Å². The fourth-order valence-corrected chi connectivity index (χ4v) is 2.68. The van der Waals surface area contributed by atoms with E-state index in [9.17, 15) is 0 Å². The van der Waals surface area contributed by atoms with Gasteiger partial charge in [-0.2, -0.15) is 0 Å². The van der Waals surface area contributed by atoms with Crippen LogP contribution in [0.1, 0.15) is 31.7 Å². The van der Waals surface area contributed by atoms with Crippen LogP contribution in [0, 0.1) is 11.8 Å². The van der Waals surface area contributed by atoms with Crippen LogP contribution in [0.15, 0.2) is 24.3 Å². The fourth-order valence-electron chi connectivity index (χ4n) is 2.68. The van der Waals surface area contributed by atoms with E-state index in [1.165, 1.54) is 37.1 Å². The van der Waals surface area contributed by atoms with Crippen molar-refractivity contribution in [2.45, 2.75) is 38.8 Å². The van der Waals surface area contributed by atoms with E-state index in [-0.39, 0.29) is 0 Å². The molecule has 2 aliphatic rings. The first kappa shape index (κ1) is 12.0. The van der Waals surface area contributed by atoms with Crippen molar-refractivity contribution < 1.29 is 0 Å². The predicted molar refractivity (Wildman–Crippen MR) is 76.8 cm³/mol. The van der Waals surface area contributed by atoms with Crippen molar-refractivity contribution in [3.8, 4) is 0 Å². The zero-order valence-corrected chi connectivity index (χ0v) is 11.5. The first-order chi connectivity index (χ1) is 8.74. The molecule has 0 heterocycles. The second kappa shape index (κ2) is 4.93. The van der Waals surface area contributed by atoms with Crippen LogP contribution in [0.2, 0.25) is 0 Å². The topological polar surface area (TPSA) is 15.3 Å². The van der Waals surface area contributed by atoms with Gasteiger partial charge in [0.25, 0.3) is 0 Å². The largest absolute Gasteiger partial charge is 0.374 e. The minimum atomic E-state index is 0.784. The molecule has 98 valence electrons. The maximum Gasteiger partial charge on any atom is 0.0409 e. The van der Waals surface area contributed by atoms with Crippen LogP contribution in [0.5, 0.6) is 0 Å². The van der Waals surface area contributed by atoms with Gasteiger partial charge in [0.1, 0.15) is 0 Å². The lowest BCUT2D eigenvalue weighted by atomic mass is 10.1. The molecule has 1 aromatic carbocycles. The monoisotopic (exact) mass is 244 g/mol. The predicted octanol–water partition coefficient (Wildman–Crippen LogP) is 3.03. The van der Waals surface area contributed by atoms with Gasteiger partial charge >= 0.3 is 0 Å². The average molecular weight is 244 g/mol. The molecule has 0 spiro atoms. The summed E-state index contributed by atoms with van der Waals surface area (Å²) in [6.07, 6.45) is 4.13. The molecule has 2 fully saturated rings. The number of anilines is 1. The Morgan fingerprint density at radius 1 is 1.28 bits per heavy atom. The number of para-hydroxylation sites is 1. The second-order valence-corrected chi connectivity index (χ2v) is 6.14. The van der Waals surface area contributed by atoms with Gasteiger partial charge in [0.2, 0.25) is 0 Å². The summed E-state index contributed by atoms with van der Waals surface area (Å²) in [5.74, 6) is 1.85. The van der Waals surface area contributed by atoms with Crippen molar-refractivity contribution in [2.24, 2.45) is 11.8 Å². The van der Waals surface area contributed by atoms with Crippen LogP contribution in [-0.4, -0.2) is 19.6 Å². The van der Waals surface area contributed by atoms with Crippen LogP contribution in [0.25, 0.3) is 0 Å². The van der Waals surface area contributed by atoms with Crippen LogP contribution >= 0.6 is 0 Å². The van der Waals surface area contributed by atoms with Gasteiger partial charge in [0.15, 0.2) is 0 Å². The molecule has 0 aromatic heterocycles. The Morgan fingerprint density at radius 2 is 2.00 bits per heavy atom. The second-order valence-electron chi connectivity index (χ2n) is 6.14. The summed E-state index contributed by atoms with van der Waals surface area (Å²) in [5.41, 5.74) is 2.85. The van der Waals surface area contributed by atoms with Gasteiger partial charge in [-0.25, -0.2) is 0 Å². The molecule has 0 aliphatic heterocycles. The van der Waals surface area contributed by atoms with Gasteiger partial charge in [-0.05, 0) is 42.7 Å². The fraction of sp³-hybridized carbons (Fsp3) is 0.625. The molecule has 0 amide bonds. The molecule has 2 atom stereocenters. The molecule has 18 heavy (non-hydrogen) atoms. The summed E-state index contributed by atoms with van der Waals surface area (Å²) in [7, 11) is 2.24. The lowest BCUT2D eigenvalue weighted by Gasteiger charge is -2.23. The third kappa shape index (κ3) is 2.86. The number of benzene rings is 1. The molecule has 1 aromatic rings. The van der Waals surface area contributed by atoms with Crippen molar-refractivity contribution in [2.75, 3.05) is 18.5 Å². The van der Waals surface area contributed by atoms with E-state index in [0.29, 0.717) is 0 Å². The van der Waals surface area contributed by atoms with E-state index in [4.69, 9.17) is 0 Å². The lowest BCUT2D eigenvalue weighted by Crippen LogP contribution is -2.24. The zero-order chi connectivity index (χ0) is 12.5. The van der Waals surface area contributed by atoms with Gasteiger partial charge in [0, 0.05) is 31.9 Å². The molecule has 3 rings (SSSR count). The highest BCUT2D eigenvalue weighted by Gasteiger charge is 2.33. The van der Waals surface area contributed by atoms with Gasteiger partial charge in [-0.15, -0.1) is 0 Å². The molecule has 2 heteroatoms. The molecule has 2 aliphatic carbocycles.